The third kappa shape index (κ3) is 4.09. The summed E-state index contributed by atoms with van der Waals surface area (Å²) in [6, 6.07) is 7.73. The van der Waals surface area contributed by atoms with Crippen LogP contribution in [0.3, 0.4) is 0 Å². The second kappa shape index (κ2) is 8.14. The summed E-state index contributed by atoms with van der Waals surface area (Å²) in [6.45, 7) is 0. The van der Waals surface area contributed by atoms with Crippen molar-refractivity contribution in [3.63, 3.8) is 0 Å². The Morgan fingerprint density at radius 2 is 1.96 bits per heavy atom. The molecular weight excluding hydrogens is 382 g/mol. The van der Waals surface area contributed by atoms with Gasteiger partial charge in [0.15, 0.2) is 0 Å². The Bertz CT molecular complexity index is 1040. The second-order valence-electron chi connectivity index (χ2n) is 6.73. The number of carboxylic acid groups (broad SMARTS) is 2. The second-order valence-corrected chi connectivity index (χ2v) is 7.14. The SMILES string of the molecule is CN(C)C1CC=c2cccc/c2=C2\C=C(C(=CC(=O)O)C(=O)O)C(Cl)=CC2O1. The van der Waals surface area contributed by atoms with E-state index in [-0.39, 0.29) is 22.4 Å². The zero-order valence-electron chi connectivity index (χ0n) is 15.4. The van der Waals surface area contributed by atoms with Crippen LogP contribution in [0.25, 0.3) is 11.6 Å². The van der Waals surface area contributed by atoms with E-state index < -0.39 is 18.0 Å². The summed E-state index contributed by atoms with van der Waals surface area (Å²) in [5.74, 6) is -2.72. The predicted molar refractivity (Wildman–Crippen MR) is 106 cm³/mol. The Morgan fingerprint density at radius 3 is 2.61 bits per heavy atom. The molecule has 2 atom stereocenters. The van der Waals surface area contributed by atoms with Gasteiger partial charge in [0.05, 0.1) is 5.57 Å². The molecule has 1 aromatic rings. The van der Waals surface area contributed by atoms with Crippen LogP contribution >= 0.6 is 11.6 Å². The van der Waals surface area contributed by atoms with E-state index in [1.807, 2.05) is 43.3 Å². The number of hydrogen-bond acceptors (Lipinski definition) is 4. The molecule has 0 saturated carbocycles. The van der Waals surface area contributed by atoms with E-state index in [2.05, 4.69) is 6.08 Å². The van der Waals surface area contributed by atoms with Crippen molar-refractivity contribution in [3.8, 4) is 0 Å². The van der Waals surface area contributed by atoms with Crippen LogP contribution in [0.2, 0.25) is 0 Å². The fourth-order valence-corrected chi connectivity index (χ4v) is 3.54. The van der Waals surface area contributed by atoms with Crippen LogP contribution in [-0.4, -0.2) is 53.5 Å². The van der Waals surface area contributed by atoms with Gasteiger partial charge in [-0.25, -0.2) is 9.59 Å². The molecule has 0 bridgehead atoms. The molecule has 2 unspecified atom stereocenters. The van der Waals surface area contributed by atoms with Crippen LogP contribution in [0.4, 0.5) is 0 Å². The van der Waals surface area contributed by atoms with Crippen molar-refractivity contribution in [1.82, 2.24) is 4.90 Å². The summed E-state index contributed by atoms with van der Waals surface area (Å²) in [5, 5.41) is 20.6. The topological polar surface area (TPSA) is 87.1 Å². The first-order chi connectivity index (χ1) is 13.3. The van der Waals surface area contributed by atoms with Gasteiger partial charge in [0.25, 0.3) is 0 Å². The maximum atomic E-state index is 11.6. The molecule has 0 saturated heterocycles. The highest BCUT2D eigenvalue weighted by molar-refractivity contribution is 6.33. The smallest absolute Gasteiger partial charge is 0.336 e. The van der Waals surface area contributed by atoms with Crippen LogP contribution in [0.15, 0.2) is 58.7 Å². The zero-order chi connectivity index (χ0) is 20.4. The minimum Gasteiger partial charge on any atom is -0.478 e. The predicted octanol–water partition coefficient (Wildman–Crippen LogP) is 1.45. The summed E-state index contributed by atoms with van der Waals surface area (Å²) in [5.41, 5.74) is 0.492. The number of hydrogen-bond donors (Lipinski definition) is 2. The molecule has 1 aliphatic carbocycles. The Hall–Kier alpha value is -2.67. The van der Waals surface area contributed by atoms with Gasteiger partial charge >= 0.3 is 11.9 Å². The van der Waals surface area contributed by atoms with Gasteiger partial charge in [0.2, 0.25) is 0 Å². The van der Waals surface area contributed by atoms with E-state index in [4.69, 9.17) is 21.4 Å². The average Bonchev–Trinajstić information content (AvgIpc) is 2.61. The molecule has 0 aromatic heterocycles. The normalized spacial score (nSPS) is 24.1. The number of halogens is 1. The summed E-state index contributed by atoms with van der Waals surface area (Å²) in [4.78, 5) is 24.7. The van der Waals surface area contributed by atoms with E-state index in [1.54, 1.807) is 12.2 Å². The first-order valence-electron chi connectivity index (χ1n) is 8.67. The molecule has 3 rings (SSSR count). The molecule has 7 heteroatoms. The third-order valence-corrected chi connectivity index (χ3v) is 4.97. The molecule has 0 amide bonds. The maximum Gasteiger partial charge on any atom is 0.336 e. The van der Waals surface area contributed by atoms with Crippen molar-refractivity contribution >= 4 is 35.2 Å². The van der Waals surface area contributed by atoms with Gasteiger partial charge in [-0.1, -0.05) is 41.9 Å². The monoisotopic (exact) mass is 401 g/mol. The lowest BCUT2D eigenvalue weighted by Crippen LogP contribution is -2.40. The molecule has 0 fully saturated rings. The summed E-state index contributed by atoms with van der Waals surface area (Å²) in [7, 11) is 3.83. The van der Waals surface area contributed by atoms with Gasteiger partial charge in [-0.15, -0.1) is 0 Å². The molecule has 6 nitrogen and oxygen atoms in total. The van der Waals surface area contributed by atoms with Crippen LogP contribution in [0.1, 0.15) is 6.42 Å². The van der Waals surface area contributed by atoms with Crippen molar-refractivity contribution in [3.05, 3.63) is 69.1 Å². The fraction of sp³-hybridized carbons (Fsp3) is 0.238. The van der Waals surface area contributed by atoms with Gasteiger partial charge in [0.1, 0.15) is 12.3 Å². The molecule has 2 N–H and O–H groups in total. The molecule has 0 radical (unpaired) electrons. The average molecular weight is 402 g/mol. The largest absolute Gasteiger partial charge is 0.478 e. The molecule has 1 aliphatic heterocycles. The van der Waals surface area contributed by atoms with Crippen LogP contribution in [0, 0.1) is 0 Å². The Morgan fingerprint density at radius 1 is 1.25 bits per heavy atom. The Labute approximate surface area is 167 Å². The molecule has 28 heavy (non-hydrogen) atoms. The van der Waals surface area contributed by atoms with Crippen molar-refractivity contribution in [2.45, 2.75) is 18.8 Å². The lowest BCUT2D eigenvalue weighted by atomic mass is 9.91. The number of rotatable bonds is 4. The van der Waals surface area contributed by atoms with Crippen molar-refractivity contribution in [2.24, 2.45) is 0 Å². The third-order valence-electron chi connectivity index (χ3n) is 4.64. The van der Waals surface area contributed by atoms with Crippen molar-refractivity contribution in [2.75, 3.05) is 14.1 Å². The number of ether oxygens (including phenoxy) is 1. The zero-order valence-corrected chi connectivity index (χ0v) is 16.2. The first kappa shape index (κ1) is 20.1. The molecule has 0 spiro atoms. The fourth-order valence-electron chi connectivity index (χ4n) is 3.27. The first-order valence-corrected chi connectivity index (χ1v) is 9.04. The molecule has 1 aromatic carbocycles. The number of allylic oxidation sites excluding steroid dienone is 1. The highest BCUT2D eigenvalue weighted by Crippen LogP contribution is 2.33. The Kier molecular flexibility index (Phi) is 5.84. The van der Waals surface area contributed by atoms with Gasteiger partial charge in [0, 0.05) is 23.1 Å². The van der Waals surface area contributed by atoms with E-state index >= 15 is 0 Å². The molecular formula is C21H20ClNO5. The standard InChI is InChI=1S/C21H20ClNO5/c1-23(2)19-8-7-12-5-3-4-6-13(12)15-9-14(17(22)11-18(15)28-19)16(21(26)27)10-20(24)25/h3-7,9-11,18-19H,8H2,1-2H3,(H,24,25)(H,26,27)/b12-7?,15-13-,16-10?. The summed E-state index contributed by atoms with van der Waals surface area (Å²) in [6.07, 6.45) is 5.95. The van der Waals surface area contributed by atoms with Crippen molar-refractivity contribution in [1.29, 1.82) is 0 Å². The van der Waals surface area contributed by atoms with Gasteiger partial charge < -0.3 is 14.9 Å². The van der Waals surface area contributed by atoms with Crippen LogP contribution < -0.4 is 10.4 Å². The van der Waals surface area contributed by atoms with Crippen LogP contribution in [0.5, 0.6) is 0 Å². The minimum atomic E-state index is -1.36. The summed E-state index contributed by atoms with van der Waals surface area (Å²) >= 11 is 6.35. The van der Waals surface area contributed by atoms with E-state index in [0.29, 0.717) is 12.5 Å². The number of aliphatic carboxylic acids is 2. The lowest BCUT2D eigenvalue weighted by Gasteiger charge is -2.31. The number of carbonyl (C=O) groups is 2. The van der Waals surface area contributed by atoms with Crippen LogP contribution in [-0.2, 0) is 14.3 Å². The minimum absolute atomic E-state index is 0.142. The molecule has 2 aliphatic rings. The van der Waals surface area contributed by atoms with Gasteiger partial charge in [-0.05, 0) is 42.3 Å². The quantitative estimate of drug-likeness (QED) is 0.743. The maximum absolute atomic E-state index is 11.6. The lowest BCUT2D eigenvalue weighted by molar-refractivity contribution is -0.134. The van der Waals surface area contributed by atoms with E-state index in [1.165, 1.54) is 0 Å². The van der Waals surface area contributed by atoms with Crippen molar-refractivity contribution < 1.29 is 24.5 Å². The van der Waals surface area contributed by atoms with Gasteiger partial charge in [-0.3, -0.25) is 4.90 Å². The number of nitrogens with zero attached hydrogens (tertiary/aromatic N) is 1. The summed E-state index contributed by atoms with van der Waals surface area (Å²) < 4.78 is 6.22. The van der Waals surface area contributed by atoms with E-state index in [9.17, 15) is 14.7 Å². The molecule has 146 valence electrons. The van der Waals surface area contributed by atoms with Gasteiger partial charge in [-0.2, -0.15) is 0 Å². The Balaban J connectivity index is 2.28. The van der Waals surface area contributed by atoms with E-state index in [0.717, 1.165) is 16.0 Å². The number of fused-ring (bicyclic) bond motifs is 2. The number of benzene rings is 1. The molecule has 1 heterocycles. The highest BCUT2D eigenvalue weighted by Gasteiger charge is 2.28. The number of carboxylic acids is 2. The highest BCUT2D eigenvalue weighted by atomic mass is 35.5.